The van der Waals surface area contributed by atoms with Crippen LogP contribution in [0.4, 0.5) is 11.8 Å². The van der Waals surface area contributed by atoms with Crippen LogP contribution in [0.1, 0.15) is 36.8 Å². The predicted molar refractivity (Wildman–Crippen MR) is 116 cm³/mol. The largest absolute Gasteiger partial charge is 0.495 e. The van der Waals surface area contributed by atoms with Gasteiger partial charge in [-0.15, -0.1) is 0 Å². The molecule has 0 unspecified atom stereocenters. The molecule has 0 bridgehead atoms. The maximum atomic E-state index is 11.3. The number of aromatic nitrogens is 2. The number of hydrogen-bond acceptors (Lipinski definition) is 7. The van der Waals surface area contributed by atoms with E-state index < -0.39 is 17.9 Å². The van der Waals surface area contributed by atoms with Crippen LogP contribution in [0.15, 0.2) is 22.8 Å². The van der Waals surface area contributed by atoms with Crippen molar-refractivity contribution in [1.82, 2.24) is 4.98 Å². The smallest absolute Gasteiger partial charge is 0.388 e. The summed E-state index contributed by atoms with van der Waals surface area (Å²) in [4.78, 5) is 28.8. The first-order valence-corrected chi connectivity index (χ1v) is 10.4. The molecule has 11 heteroatoms. The van der Waals surface area contributed by atoms with Crippen LogP contribution < -0.4 is 25.9 Å². The Morgan fingerprint density at radius 2 is 1.94 bits per heavy atom. The Morgan fingerprint density at radius 3 is 2.55 bits per heavy atom. The number of methoxy groups -OCH3 is 1. The fourth-order valence-electron chi connectivity index (χ4n) is 3.01. The zero-order chi connectivity index (χ0) is 23.0. The highest BCUT2D eigenvalue weighted by molar-refractivity contribution is 9.10. The first kappa shape index (κ1) is 24.2. The first-order valence-electron chi connectivity index (χ1n) is 9.57. The molecule has 10 nitrogen and oxygen atoms in total. The molecule has 1 aromatic heterocycles. The van der Waals surface area contributed by atoms with Crippen molar-refractivity contribution in [3.05, 3.63) is 33.9 Å². The maximum Gasteiger partial charge on any atom is 0.388 e. The molecule has 0 aliphatic carbocycles. The number of halogens is 1. The van der Waals surface area contributed by atoms with Crippen molar-refractivity contribution >= 4 is 39.6 Å². The number of nitrogens with one attached hydrogen (secondary N) is 1. The van der Waals surface area contributed by atoms with Gasteiger partial charge >= 0.3 is 17.9 Å². The second-order valence-electron chi connectivity index (χ2n) is 6.94. The van der Waals surface area contributed by atoms with Gasteiger partial charge in [-0.25, -0.2) is 4.98 Å². The van der Waals surface area contributed by atoms with Gasteiger partial charge in [-0.2, -0.15) is 0 Å². The lowest BCUT2D eigenvalue weighted by molar-refractivity contribution is -0.364. The average molecular weight is 498 g/mol. The first-order chi connectivity index (χ1) is 14.7. The summed E-state index contributed by atoms with van der Waals surface area (Å²) in [6.45, 7) is 0.265. The zero-order valence-electron chi connectivity index (χ0n) is 17.1. The van der Waals surface area contributed by atoms with E-state index in [1.165, 1.54) is 0 Å². The summed E-state index contributed by atoms with van der Waals surface area (Å²) in [6.07, 6.45) is 2.84. The van der Waals surface area contributed by atoms with Crippen molar-refractivity contribution in [2.45, 2.75) is 32.1 Å². The summed E-state index contributed by atoms with van der Waals surface area (Å²) in [7, 11) is 1.54. The molecule has 168 valence electrons. The number of nitrogens with two attached hydrogens (primary N) is 2. The molecule has 0 aliphatic rings. The Balaban J connectivity index is 2.05. The Labute approximate surface area is 187 Å². The average Bonchev–Trinajstić information content (AvgIpc) is 2.70. The van der Waals surface area contributed by atoms with Crippen molar-refractivity contribution < 1.29 is 34.3 Å². The second-order valence-corrected chi connectivity index (χ2v) is 7.73. The molecule has 0 amide bonds. The Bertz CT molecular complexity index is 940. The summed E-state index contributed by atoms with van der Waals surface area (Å²) in [6, 6.07) is 3.68. The van der Waals surface area contributed by atoms with Crippen LogP contribution in [0.3, 0.4) is 0 Å². The minimum Gasteiger partial charge on any atom is -0.495 e. The van der Waals surface area contributed by atoms with Crippen molar-refractivity contribution in [3.8, 4) is 11.5 Å². The van der Waals surface area contributed by atoms with E-state index in [4.69, 9.17) is 26.0 Å². The normalized spacial score (nSPS) is 11.7. The van der Waals surface area contributed by atoms with Crippen LogP contribution in [-0.2, 0) is 16.0 Å². The summed E-state index contributed by atoms with van der Waals surface area (Å²) in [5.41, 5.74) is 13.2. The summed E-state index contributed by atoms with van der Waals surface area (Å²) < 4.78 is 11.9. The molecule has 2 rings (SSSR count). The predicted octanol–water partition coefficient (Wildman–Crippen LogP) is 2.15. The third-order valence-electron chi connectivity index (χ3n) is 4.65. The molecule has 0 spiro atoms. The lowest BCUT2D eigenvalue weighted by Crippen LogP contribution is -2.16. The van der Waals surface area contributed by atoms with Gasteiger partial charge in [0.05, 0.1) is 25.8 Å². The quantitative estimate of drug-likeness (QED) is 0.320. The molecular weight excluding hydrogens is 472 g/mol. The van der Waals surface area contributed by atoms with Crippen LogP contribution >= 0.6 is 15.9 Å². The fourth-order valence-corrected chi connectivity index (χ4v) is 3.52. The lowest BCUT2D eigenvalue weighted by atomic mass is 9.98. The van der Waals surface area contributed by atoms with Gasteiger partial charge in [0.2, 0.25) is 5.82 Å². The third-order valence-corrected chi connectivity index (χ3v) is 5.44. The number of ether oxygens (including phenoxy) is 2. The van der Waals surface area contributed by atoms with Gasteiger partial charge in [-0.05, 0) is 52.9 Å². The number of carbonyl (C=O) groups is 2. The molecule has 0 saturated carbocycles. The minimum atomic E-state index is -1.01. The summed E-state index contributed by atoms with van der Waals surface area (Å²) >= 11 is 3.46. The van der Waals surface area contributed by atoms with Gasteiger partial charge < -0.3 is 25.4 Å². The molecule has 0 saturated heterocycles. The second kappa shape index (κ2) is 11.3. The Kier molecular flexibility index (Phi) is 8.86. The van der Waals surface area contributed by atoms with E-state index in [1.54, 1.807) is 13.3 Å². The highest BCUT2D eigenvalue weighted by Crippen LogP contribution is 2.37. The molecule has 0 aliphatic heterocycles. The van der Waals surface area contributed by atoms with E-state index in [-0.39, 0.29) is 25.4 Å². The van der Waals surface area contributed by atoms with Crippen molar-refractivity contribution in [3.63, 3.8) is 0 Å². The van der Waals surface area contributed by atoms with E-state index in [9.17, 15) is 14.7 Å². The number of aromatic amines is 1. The molecule has 0 radical (unpaired) electrons. The molecule has 1 atom stereocenters. The standard InChI is InChI=1S/C20H25BrN4O6/c1-30-14-8-11(7-13-10-24-20(23)25-18(13)22)9-15(17(14)21)31-6-2-3-12(19(28)29)4-5-16(26)27/h8-10,12H,2-7H2,1H3,(H,26,27)(H,28,29)(H4,22,23,24,25)/p+1/t12-/m0/s1. The fraction of sp³-hybridized carbons (Fsp3) is 0.400. The zero-order valence-corrected chi connectivity index (χ0v) is 18.6. The number of carboxylic acid groups (broad SMARTS) is 2. The number of rotatable bonds is 12. The molecular formula is C20H26BrN4O6+. The van der Waals surface area contributed by atoms with E-state index in [1.807, 2.05) is 12.1 Å². The van der Waals surface area contributed by atoms with Gasteiger partial charge in [0, 0.05) is 18.4 Å². The highest BCUT2D eigenvalue weighted by atomic mass is 79.9. The van der Waals surface area contributed by atoms with E-state index in [0.717, 1.165) is 11.1 Å². The third kappa shape index (κ3) is 7.28. The number of H-pyrrole nitrogens is 1. The van der Waals surface area contributed by atoms with Gasteiger partial charge in [0.15, 0.2) is 0 Å². The monoisotopic (exact) mass is 497 g/mol. The number of nitrogens with zero attached hydrogens (tertiary/aromatic N) is 1. The topological polar surface area (TPSA) is 172 Å². The van der Waals surface area contributed by atoms with Crippen molar-refractivity contribution in [2.24, 2.45) is 5.92 Å². The van der Waals surface area contributed by atoms with Gasteiger partial charge in [0.1, 0.15) is 16.0 Å². The van der Waals surface area contributed by atoms with Crippen LogP contribution in [-0.4, -0.2) is 40.9 Å². The maximum absolute atomic E-state index is 11.3. The number of nitrogen functional groups attached to an aromatic ring is 2. The lowest BCUT2D eigenvalue weighted by Gasteiger charge is -2.15. The van der Waals surface area contributed by atoms with Crippen LogP contribution in [0, 0.1) is 5.92 Å². The van der Waals surface area contributed by atoms with E-state index in [2.05, 4.69) is 25.9 Å². The number of hydrogen-bond donors (Lipinski definition) is 4. The summed E-state index contributed by atoms with van der Waals surface area (Å²) in [5.74, 6) is -1.08. The van der Waals surface area contributed by atoms with Gasteiger partial charge in [0.25, 0.3) is 0 Å². The van der Waals surface area contributed by atoms with Crippen LogP contribution in [0.25, 0.3) is 0 Å². The number of benzene rings is 1. The van der Waals surface area contributed by atoms with E-state index >= 15 is 0 Å². The Hall–Kier alpha value is -3.08. The molecule has 2 aromatic rings. The number of aliphatic carboxylic acids is 2. The van der Waals surface area contributed by atoms with E-state index in [0.29, 0.717) is 41.1 Å². The molecule has 1 heterocycles. The molecule has 31 heavy (non-hydrogen) atoms. The van der Waals surface area contributed by atoms with Crippen LogP contribution in [0.2, 0.25) is 0 Å². The van der Waals surface area contributed by atoms with Gasteiger partial charge in [-0.1, -0.05) is 4.98 Å². The van der Waals surface area contributed by atoms with Crippen LogP contribution in [0.5, 0.6) is 11.5 Å². The molecule has 0 fully saturated rings. The Morgan fingerprint density at radius 1 is 1.23 bits per heavy atom. The minimum absolute atomic E-state index is 0.0890. The number of carboxylic acids is 2. The molecule has 1 aromatic carbocycles. The molecule has 7 N–H and O–H groups in total. The van der Waals surface area contributed by atoms with Crippen molar-refractivity contribution in [2.75, 3.05) is 25.2 Å². The number of anilines is 2. The van der Waals surface area contributed by atoms with Gasteiger partial charge in [-0.3, -0.25) is 15.3 Å². The SMILES string of the molecule is COc1cc(Cc2c[nH+]c(N)nc2N)cc(OCCC[C@@H](CCC(=O)O)C(=O)O)c1Br. The summed E-state index contributed by atoms with van der Waals surface area (Å²) in [5, 5.41) is 18.0. The van der Waals surface area contributed by atoms with Crippen molar-refractivity contribution in [1.29, 1.82) is 0 Å². The highest BCUT2D eigenvalue weighted by Gasteiger charge is 2.19.